The third-order valence-electron chi connectivity index (χ3n) is 5.31. The van der Waals surface area contributed by atoms with Gasteiger partial charge in [-0.3, -0.25) is 9.69 Å². The number of hydrogen-bond donors (Lipinski definition) is 1. The second-order valence-corrected chi connectivity index (χ2v) is 7.21. The number of hydrogen-bond acceptors (Lipinski definition) is 5. The van der Waals surface area contributed by atoms with E-state index in [1.54, 1.807) is 11.0 Å². The molecule has 26 heavy (non-hydrogen) atoms. The largest absolute Gasteiger partial charge is 0.390 e. The van der Waals surface area contributed by atoms with Crippen molar-refractivity contribution in [2.45, 2.75) is 31.5 Å². The molecular weight excluding hydrogens is 352 g/mol. The number of halogens is 1. The summed E-state index contributed by atoms with van der Waals surface area (Å²) in [5.74, 6) is -0.212. The van der Waals surface area contributed by atoms with Crippen LogP contribution in [-0.4, -0.2) is 62.6 Å². The van der Waals surface area contributed by atoms with Crippen molar-refractivity contribution in [2.75, 3.05) is 19.6 Å². The molecule has 1 saturated heterocycles. The Morgan fingerprint density at radius 2 is 2.00 bits per heavy atom. The van der Waals surface area contributed by atoms with E-state index in [-0.39, 0.29) is 22.9 Å². The zero-order valence-corrected chi connectivity index (χ0v) is 15.1. The first kappa shape index (κ1) is 17.4. The quantitative estimate of drug-likeness (QED) is 0.813. The maximum atomic E-state index is 12.6. The molecule has 1 aromatic carbocycles. The summed E-state index contributed by atoms with van der Waals surface area (Å²) in [6, 6.07) is 10.1. The molecule has 4 rings (SSSR count). The third kappa shape index (κ3) is 3.45. The van der Waals surface area contributed by atoms with Gasteiger partial charge in [0.1, 0.15) is 5.69 Å². The van der Waals surface area contributed by atoms with Crippen molar-refractivity contribution in [3.63, 3.8) is 0 Å². The summed E-state index contributed by atoms with van der Waals surface area (Å²) in [5.41, 5.74) is 2.99. The lowest BCUT2D eigenvalue weighted by molar-refractivity contribution is -0.0139. The van der Waals surface area contributed by atoms with E-state index in [0.717, 1.165) is 25.9 Å². The zero-order valence-electron chi connectivity index (χ0n) is 14.4. The lowest BCUT2D eigenvalue weighted by Crippen LogP contribution is -2.56. The molecule has 1 aromatic heterocycles. The van der Waals surface area contributed by atoms with Gasteiger partial charge in [0.05, 0.1) is 6.10 Å². The van der Waals surface area contributed by atoms with E-state index >= 15 is 0 Å². The number of aliphatic hydroxyl groups excluding tert-OH is 1. The standard InChI is InChI=1S/C19H21ClN4O2/c20-19-21-8-5-15(22-19)18(26)24-10-7-16(17(25)12-24)23-9-6-13-3-1-2-4-14(13)11-23/h1-5,8,16-17,25H,6-7,9-12H2/t16-,17-/m1/s1. The molecule has 2 aromatic rings. The molecule has 0 unspecified atom stereocenters. The van der Waals surface area contributed by atoms with Gasteiger partial charge in [-0.2, -0.15) is 0 Å². The van der Waals surface area contributed by atoms with Crippen molar-refractivity contribution < 1.29 is 9.90 Å². The van der Waals surface area contributed by atoms with Gasteiger partial charge in [-0.15, -0.1) is 0 Å². The minimum absolute atomic E-state index is 0.0540. The highest BCUT2D eigenvalue weighted by molar-refractivity contribution is 6.28. The number of aromatic nitrogens is 2. The highest BCUT2D eigenvalue weighted by Crippen LogP contribution is 2.25. The molecule has 2 aliphatic heterocycles. The summed E-state index contributed by atoms with van der Waals surface area (Å²) in [6.45, 7) is 2.70. The van der Waals surface area contributed by atoms with Crippen LogP contribution in [0.15, 0.2) is 36.5 Å². The van der Waals surface area contributed by atoms with Gasteiger partial charge in [0.25, 0.3) is 5.91 Å². The molecule has 7 heteroatoms. The van der Waals surface area contributed by atoms with E-state index in [1.807, 2.05) is 0 Å². The Labute approximate surface area is 157 Å². The van der Waals surface area contributed by atoms with Crippen molar-refractivity contribution in [2.24, 2.45) is 0 Å². The predicted octanol–water partition coefficient (Wildman–Crippen LogP) is 1.76. The van der Waals surface area contributed by atoms with Gasteiger partial charge in [-0.05, 0) is 41.6 Å². The number of nitrogens with zero attached hydrogens (tertiary/aromatic N) is 4. The molecule has 2 aliphatic rings. The maximum absolute atomic E-state index is 12.6. The second-order valence-electron chi connectivity index (χ2n) is 6.87. The Hall–Kier alpha value is -2.02. The normalized spacial score (nSPS) is 23.5. The zero-order chi connectivity index (χ0) is 18.1. The SMILES string of the molecule is O=C(c1ccnc(Cl)n1)N1CC[C@@H](N2CCc3ccccc3C2)[C@H](O)C1. The van der Waals surface area contributed by atoms with Crippen LogP contribution in [0.2, 0.25) is 5.28 Å². The summed E-state index contributed by atoms with van der Waals surface area (Å²) in [5, 5.41) is 10.7. The van der Waals surface area contributed by atoms with Gasteiger partial charge in [0.2, 0.25) is 5.28 Å². The van der Waals surface area contributed by atoms with Crippen LogP contribution in [0.1, 0.15) is 28.0 Å². The van der Waals surface area contributed by atoms with Gasteiger partial charge in [0, 0.05) is 38.4 Å². The molecule has 136 valence electrons. The molecule has 6 nitrogen and oxygen atoms in total. The van der Waals surface area contributed by atoms with Crippen LogP contribution in [0.25, 0.3) is 0 Å². The number of fused-ring (bicyclic) bond motifs is 1. The number of likely N-dealkylation sites (tertiary alicyclic amines) is 1. The fourth-order valence-electron chi connectivity index (χ4n) is 3.95. The third-order valence-corrected chi connectivity index (χ3v) is 5.49. The molecular formula is C19H21ClN4O2. The number of amides is 1. The second kappa shape index (κ2) is 7.31. The van der Waals surface area contributed by atoms with Crippen molar-refractivity contribution >= 4 is 17.5 Å². The van der Waals surface area contributed by atoms with E-state index in [2.05, 4.69) is 39.1 Å². The lowest BCUT2D eigenvalue weighted by Gasteiger charge is -2.43. The number of carbonyl (C=O) groups is 1. The van der Waals surface area contributed by atoms with E-state index in [9.17, 15) is 9.90 Å². The van der Waals surface area contributed by atoms with E-state index in [1.165, 1.54) is 17.3 Å². The van der Waals surface area contributed by atoms with Crippen molar-refractivity contribution in [1.29, 1.82) is 0 Å². The first-order valence-corrected chi connectivity index (χ1v) is 9.26. The number of β-amino-alcohol motifs (C(OH)–C–C–N with tert-alkyl or cyclic N) is 1. The molecule has 0 aliphatic carbocycles. The molecule has 0 spiro atoms. The molecule has 1 N–H and O–H groups in total. The summed E-state index contributed by atoms with van der Waals surface area (Å²) in [4.78, 5) is 24.4. The van der Waals surface area contributed by atoms with E-state index < -0.39 is 6.10 Å². The first-order valence-electron chi connectivity index (χ1n) is 8.88. The fraction of sp³-hybridized carbons (Fsp3) is 0.421. The van der Waals surface area contributed by atoms with Gasteiger partial charge in [-0.1, -0.05) is 24.3 Å². The van der Waals surface area contributed by atoms with Crippen molar-refractivity contribution in [1.82, 2.24) is 19.8 Å². The smallest absolute Gasteiger partial charge is 0.272 e. The number of aliphatic hydroxyl groups is 1. The number of rotatable bonds is 2. The monoisotopic (exact) mass is 372 g/mol. The average Bonchev–Trinajstić information content (AvgIpc) is 2.67. The van der Waals surface area contributed by atoms with Crippen LogP contribution in [0.3, 0.4) is 0 Å². The Balaban J connectivity index is 1.42. The fourth-order valence-corrected chi connectivity index (χ4v) is 4.09. The van der Waals surface area contributed by atoms with Gasteiger partial charge in [-0.25, -0.2) is 9.97 Å². The summed E-state index contributed by atoms with van der Waals surface area (Å²) >= 11 is 5.77. The predicted molar refractivity (Wildman–Crippen MR) is 97.9 cm³/mol. The Morgan fingerprint density at radius 3 is 2.77 bits per heavy atom. The first-order chi connectivity index (χ1) is 12.6. The molecule has 0 radical (unpaired) electrons. The molecule has 0 bridgehead atoms. The van der Waals surface area contributed by atoms with E-state index in [4.69, 9.17) is 11.6 Å². The number of benzene rings is 1. The van der Waals surface area contributed by atoms with Gasteiger partial charge in [0.15, 0.2) is 0 Å². The van der Waals surface area contributed by atoms with Gasteiger partial charge < -0.3 is 10.0 Å². The summed E-state index contributed by atoms with van der Waals surface area (Å²) in [6.07, 6.45) is 2.64. The number of carbonyl (C=O) groups excluding carboxylic acids is 1. The highest BCUT2D eigenvalue weighted by atomic mass is 35.5. The van der Waals surface area contributed by atoms with Gasteiger partial charge >= 0.3 is 0 Å². The molecule has 1 amide bonds. The van der Waals surface area contributed by atoms with Crippen LogP contribution in [0.5, 0.6) is 0 Å². The van der Waals surface area contributed by atoms with Crippen LogP contribution < -0.4 is 0 Å². The van der Waals surface area contributed by atoms with Crippen LogP contribution in [0, 0.1) is 0 Å². The van der Waals surface area contributed by atoms with E-state index in [0.29, 0.717) is 13.1 Å². The summed E-state index contributed by atoms with van der Waals surface area (Å²) < 4.78 is 0. The Morgan fingerprint density at radius 1 is 1.19 bits per heavy atom. The topological polar surface area (TPSA) is 69.6 Å². The summed E-state index contributed by atoms with van der Waals surface area (Å²) in [7, 11) is 0. The molecule has 3 heterocycles. The van der Waals surface area contributed by atoms with Crippen molar-refractivity contribution in [3.05, 3.63) is 58.6 Å². The van der Waals surface area contributed by atoms with Crippen LogP contribution in [-0.2, 0) is 13.0 Å². The molecule has 0 saturated carbocycles. The minimum atomic E-state index is -0.574. The maximum Gasteiger partial charge on any atom is 0.272 e. The molecule has 2 atom stereocenters. The molecule has 1 fully saturated rings. The van der Waals surface area contributed by atoms with Crippen LogP contribution >= 0.6 is 11.6 Å². The minimum Gasteiger partial charge on any atom is -0.390 e. The lowest BCUT2D eigenvalue weighted by atomic mass is 9.94. The average molecular weight is 373 g/mol. The van der Waals surface area contributed by atoms with Crippen LogP contribution in [0.4, 0.5) is 0 Å². The highest BCUT2D eigenvalue weighted by Gasteiger charge is 2.35. The van der Waals surface area contributed by atoms with Crippen molar-refractivity contribution in [3.8, 4) is 0 Å². The Kier molecular flexibility index (Phi) is 4.89. The Bertz CT molecular complexity index is 816. The number of piperidine rings is 1.